The molecule has 14 heteroatoms. The number of nitrogens with zero attached hydrogens (tertiary/aromatic N) is 2. The number of benzene rings is 2. The van der Waals surface area contributed by atoms with Crippen LogP contribution in [0, 0.1) is 5.92 Å². The van der Waals surface area contributed by atoms with Gasteiger partial charge in [-0.2, -0.15) is 0 Å². The van der Waals surface area contributed by atoms with Gasteiger partial charge in [0.15, 0.2) is 0 Å². The summed E-state index contributed by atoms with van der Waals surface area (Å²) >= 11 is 1.09. The quantitative estimate of drug-likeness (QED) is 0.264. The summed E-state index contributed by atoms with van der Waals surface area (Å²) in [4.78, 5) is 30.6. The maximum atomic E-state index is 14.3. The lowest BCUT2D eigenvalue weighted by molar-refractivity contribution is -0.0115. The molecule has 4 rings (SSSR count). The molecule has 2 heterocycles. The van der Waals surface area contributed by atoms with Crippen LogP contribution in [0.3, 0.4) is 0 Å². The monoisotopic (exact) mass is 702 g/mol. The summed E-state index contributed by atoms with van der Waals surface area (Å²) in [5.74, 6) is 0.322. The first-order valence-corrected chi connectivity index (χ1v) is 18.3. The second-order valence-corrected chi connectivity index (χ2v) is 14.9. The van der Waals surface area contributed by atoms with E-state index in [-0.39, 0.29) is 53.2 Å². The topological polar surface area (TPSA) is 147 Å². The van der Waals surface area contributed by atoms with Crippen molar-refractivity contribution in [3.63, 3.8) is 0 Å². The maximum absolute atomic E-state index is 14.3. The number of rotatable bonds is 9. The van der Waals surface area contributed by atoms with Crippen molar-refractivity contribution in [2.45, 2.75) is 62.5 Å². The van der Waals surface area contributed by atoms with Crippen molar-refractivity contribution >= 4 is 44.7 Å². The van der Waals surface area contributed by atoms with Gasteiger partial charge in [0.1, 0.15) is 15.7 Å². The van der Waals surface area contributed by atoms with Crippen molar-refractivity contribution < 1.29 is 37.3 Å². The van der Waals surface area contributed by atoms with Crippen molar-refractivity contribution in [1.82, 2.24) is 9.80 Å². The molecule has 4 atom stereocenters. The Kier molecular flexibility index (Phi) is 13.1. The highest BCUT2D eigenvalue weighted by Crippen LogP contribution is 2.30. The largest absolute Gasteiger partial charge is 0.497 e. The summed E-state index contributed by atoms with van der Waals surface area (Å²) in [6.45, 7) is 6.22. The van der Waals surface area contributed by atoms with Gasteiger partial charge in [-0.3, -0.25) is 9.52 Å². The van der Waals surface area contributed by atoms with Crippen LogP contribution >= 0.6 is 11.3 Å². The first-order valence-electron chi connectivity index (χ1n) is 16.0. The Morgan fingerprint density at radius 2 is 1.88 bits per heavy atom. The van der Waals surface area contributed by atoms with Crippen LogP contribution in [0.5, 0.6) is 11.5 Å². The number of nitrogens with one attached hydrogen (secondary N) is 2. The van der Waals surface area contributed by atoms with E-state index < -0.39 is 28.1 Å². The van der Waals surface area contributed by atoms with E-state index in [4.69, 9.17) is 14.2 Å². The minimum atomic E-state index is -3.86. The number of fused-ring (bicyclic) bond motifs is 1. The van der Waals surface area contributed by atoms with Gasteiger partial charge in [-0.15, -0.1) is 11.3 Å². The maximum Gasteiger partial charge on any atom is 0.321 e. The van der Waals surface area contributed by atoms with Gasteiger partial charge in [0, 0.05) is 44.0 Å². The molecule has 3 N–H and O–H groups in total. The molecule has 3 aromatic rings. The molecule has 0 unspecified atom stereocenters. The smallest absolute Gasteiger partial charge is 0.321 e. The van der Waals surface area contributed by atoms with E-state index in [1.54, 1.807) is 78.7 Å². The SMILES string of the molecule is COc1ccc(NC(=O)N(C)C[C@@H]2OCCCC[C@@H](C)Oc3ccc(NS(=O)(=O)c4cccs4)cc3C(=O)N([C@H](C)CO)C[C@@H]2C)cc1. The summed E-state index contributed by atoms with van der Waals surface area (Å²) < 4.78 is 46.5. The van der Waals surface area contributed by atoms with Crippen LogP contribution in [0.2, 0.25) is 0 Å². The molecule has 2 aromatic carbocycles. The third-order valence-electron chi connectivity index (χ3n) is 8.21. The summed E-state index contributed by atoms with van der Waals surface area (Å²) in [6.07, 6.45) is 1.61. The number of aliphatic hydroxyl groups is 1. The molecule has 0 saturated carbocycles. The zero-order valence-electron chi connectivity index (χ0n) is 28.0. The van der Waals surface area contributed by atoms with Crippen molar-refractivity contribution in [3.8, 4) is 11.5 Å². The van der Waals surface area contributed by atoms with Gasteiger partial charge in [0.2, 0.25) is 0 Å². The van der Waals surface area contributed by atoms with Crippen LogP contribution < -0.4 is 19.5 Å². The van der Waals surface area contributed by atoms with E-state index >= 15 is 0 Å². The van der Waals surface area contributed by atoms with Crippen molar-refractivity contribution in [2.24, 2.45) is 5.92 Å². The Balaban J connectivity index is 1.60. The van der Waals surface area contributed by atoms with Crippen LogP contribution in [0.1, 0.15) is 50.4 Å². The fourth-order valence-corrected chi connectivity index (χ4v) is 7.36. The molecule has 0 fully saturated rings. The molecule has 3 amide bonds. The fraction of sp³-hybridized carbons (Fsp3) is 0.471. The number of hydrogen-bond acceptors (Lipinski definition) is 9. The number of hydrogen-bond donors (Lipinski definition) is 3. The van der Waals surface area contributed by atoms with Crippen LogP contribution in [0.15, 0.2) is 64.2 Å². The molecule has 0 aliphatic carbocycles. The lowest BCUT2D eigenvalue weighted by Gasteiger charge is -2.35. The Bertz CT molecular complexity index is 1600. The second kappa shape index (κ2) is 17.0. The normalized spacial score (nSPS) is 20.1. The first kappa shape index (κ1) is 37.0. The molecular formula is C34H46N4O8S2. The van der Waals surface area contributed by atoms with Gasteiger partial charge in [0.05, 0.1) is 37.5 Å². The predicted octanol–water partition coefficient (Wildman–Crippen LogP) is 5.52. The van der Waals surface area contributed by atoms with Gasteiger partial charge in [-0.05, 0) is 87.0 Å². The molecule has 12 nitrogen and oxygen atoms in total. The molecule has 0 spiro atoms. The van der Waals surface area contributed by atoms with Crippen molar-refractivity contribution in [2.75, 3.05) is 50.5 Å². The average molecular weight is 703 g/mol. The van der Waals surface area contributed by atoms with E-state index in [1.807, 2.05) is 13.8 Å². The van der Waals surface area contributed by atoms with Gasteiger partial charge in [-0.25, -0.2) is 13.2 Å². The first-order chi connectivity index (χ1) is 22.9. The summed E-state index contributed by atoms with van der Waals surface area (Å²) in [5, 5.41) is 14.8. The van der Waals surface area contributed by atoms with Crippen molar-refractivity contribution in [1.29, 1.82) is 0 Å². The Hall–Kier alpha value is -3.85. The van der Waals surface area contributed by atoms with Crippen LogP contribution in [-0.4, -0.2) is 94.0 Å². The summed E-state index contributed by atoms with van der Waals surface area (Å²) in [7, 11) is -0.599. The van der Waals surface area contributed by atoms with Gasteiger partial charge >= 0.3 is 6.03 Å². The van der Waals surface area contributed by atoms with Gasteiger partial charge < -0.3 is 34.4 Å². The molecule has 1 aliphatic rings. The van der Waals surface area contributed by atoms with Crippen LogP contribution in [-0.2, 0) is 14.8 Å². The molecule has 0 saturated heterocycles. The number of likely N-dealkylation sites (N-methyl/N-ethyl adjacent to an activating group) is 1. The molecule has 1 aliphatic heterocycles. The zero-order valence-corrected chi connectivity index (χ0v) is 29.7. The van der Waals surface area contributed by atoms with Crippen LogP contribution in [0.25, 0.3) is 0 Å². The number of methoxy groups -OCH3 is 1. The summed E-state index contributed by atoms with van der Waals surface area (Å²) in [5.41, 5.74) is 1.00. The van der Waals surface area contributed by atoms with Crippen LogP contribution in [0.4, 0.5) is 16.2 Å². The molecule has 262 valence electrons. The van der Waals surface area contributed by atoms with E-state index in [0.29, 0.717) is 30.2 Å². The Morgan fingerprint density at radius 3 is 2.54 bits per heavy atom. The number of amides is 3. The Labute approximate surface area is 287 Å². The fourth-order valence-electron chi connectivity index (χ4n) is 5.32. The third kappa shape index (κ3) is 9.84. The van der Waals surface area contributed by atoms with Gasteiger partial charge in [0.25, 0.3) is 15.9 Å². The number of aliphatic hydroxyl groups excluding tert-OH is 1. The minimum absolute atomic E-state index is 0.150. The molecule has 48 heavy (non-hydrogen) atoms. The number of carbonyl (C=O) groups is 2. The standard InChI is InChI=1S/C34H46N4O8S2/c1-23-20-38(24(2)22-39)33(40)29-19-27(36-48(42,43)32-10-8-18-47-32)13-16-30(29)46-25(3)9-6-7-17-45-31(23)21-37(4)34(41)35-26-11-14-28(44-5)15-12-26/h8,10-16,18-19,23-25,31,36,39H,6-7,9,17,20-22H2,1-5H3,(H,35,41)/t23-,24+,25+,31-/m0/s1. The van der Waals surface area contributed by atoms with E-state index in [2.05, 4.69) is 10.0 Å². The number of anilines is 2. The lowest BCUT2D eigenvalue weighted by Crippen LogP contribution is -2.48. The molecule has 0 bridgehead atoms. The Morgan fingerprint density at radius 1 is 1.15 bits per heavy atom. The van der Waals surface area contributed by atoms with Gasteiger partial charge in [-0.1, -0.05) is 13.0 Å². The summed E-state index contributed by atoms with van der Waals surface area (Å²) in [6, 6.07) is 14.0. The third-order valence-corrected chi connectivity index (χ3v) is 11.0. The minimum Gasteiger partial charge on any atom is -0.497 e. The predicted molar refractivity (Wildman–Crippen MR) is 187 cm³/mol. The van der Waals surface area contributed by atoms with E-state index in [1.165, 1.54) is 12.1 Å². The number of urea groups is 1. The molecular weight excluding hydrogens is 657 g/mol. The highest BCUT2D eigenvalue weighted by molar-refractivity contribution is 7.94. The molecule has 1 aromatic heterocycles. The second-order valence-electron chi connectivity index (χ2n) is 12.1. The number of thiophene rings is 1. The van der Waals surface area contributed by atoms with E-state index in [9.17, 15) is 23.1 Å². The highest BCUT2D eigenvalue weighted by Gasteiger charge is 2.31. The highest BCUT2D eigenvalue weighted by atomic mass is 32.2. The number of sulfonamides is 1. The number of ether oxygens (including phenoxy) is 3. The molecule has 0 radical (unpaired) electrons. The number of carbonyl (C=O) groups excluding carboxylic acids is 2. The zero-order chi connectivity index (χ0) is 34.8. The van der Waals surface area contributed by atoms with Crippen molar-refractivity contribution in [3.05, 3.63) is 65.5 Å². The average Bonchev–Trinajstić information content (AvgIpc) is 3.63. The van der Waals surface area contributed by atoms with E-state index in [0.717, 1.165) is 24.2 Å². The lowest BCUT2D eigenvalue weighted by atomic mass is 10.0.